The molecule has 3 heterocycles. The Kier molecular flexibility index (Phi) is 7.42. The number of rotatable bonds is 8. The number of methoxy groups -OCH3 is 2. The maximum Gasteiger partial charge on any atom is 0.145 e. The highest BCUT2D eigenvalue weighted by Gasteiger charge is 2.36. The minimum absolute atomic E-state index is 0.0251. The molecule has 0 radical (unpaired) electrons. The zero-order chi connectivity index (χ0) is 26.9. The van der Waals surface area contributed by atoms with Crippen molar-refractivity contribution in [2.75, 3.05) is 32.8 Å². The van der Waals surface area contributed by atoms with Crippen molar-refractivity contribution in [3.63, 3.8) is 0 Å². The Morgan fingerprint density at radius 3 is 2.45 bits per heavy atom. The van der Waals surface area contributed by atoms with E-state index in [9.17, 15) is 0 Å². The summed E-state index contributed by atoms with van der Waals surface area (Å²) in [4.78, 5) is 13.4. The molecular formula is C26H26Cl2N6O4. The SMILES string of the molecule is COc1cc(OC)c(Cl)c(Nc2ncccc2-c2cc(C3(N)C=CC(OC4COC4)=CC3N)ncn2)c1Cl. The van der Waals surface area contributed by atoms with Crippen molar-refractivity contribution in [1.29, 1.82) is 0 Å². The van der Waals surface area contributed by atoms with E-state index in [-0.39, 0.29) is 16.1 Å². The molecule has 0 amide bonds. The molecular weight excluding hydrogens is 531 g/mol. The third kappa shape index (κ3) is 4.89. The predicted octanol–water partition coefficient (Wildman–Crippen LogP) is 3.96. The number of nitrogens with zero attached hydrogens (tertiary/aromatic N) is 3. The van der Waals surface area contributed by atoms with Gasteiger partial charge in [-0.3, -0.25) is 0 Å². The van der Waals surface area contributed by atoms with Crippen LogP contribution in [-0.4, -0.2) is 54.5 Å². The van der Waals surface area contributed by atoms with E-state index in [4.69, 9.17) is 53.6 Å². The molecule has 0 bridgehead atoms. The minimum Gasteiger partial charge on any atom is -0.495 e. The van der Waals surface area contributed by atoms with Gasteiger partial charge in [-0.15, -0.1) is 0 Å². The van der Waals surface area contributed by atoms with E-state index in [1.165, 1.54) is 20.5 Å². The molecule has 12 heteroatoms. The van der Waals surface area contributed by atoms with Crippen LogP contribution in [0, 0.1) is 0 Å². The Morgan fingerprint density at radius 2 is 1.82 bits per heavy atom. The number of anilines is 2. The average Bonchev–Trinajstić information content (AvgIpc) is 2.91. The van der Waals surface area contributed by atoms with E-state index in [0.29, 0.717) is 58.9 Å². The summed E-state index contributed by atoms with van der Waals surface area (Å²) in [6.07, 6.45) is 8.49. The topological polar surface area (TPSA) is 140 Å². The Hall–Kier alpha value is -3.41. The Morgan fingerprint density at radius 1 is 1.08 bits per heavy atom. The third-order valence-corrected chi connectivity index (χ3v) is 7.09. The highest BCUT2D eigenvalue weighted by atomic mass is 35.5. The standard InChI is InChI=1S/C26H26Cl2N6O4/c1-35-18-10-19(36-2)23(28)24(22(18)27)34-25-16(4-3-7-31-25)17-9-21(33-13-32-17)26(30)6-5-14(8-20(26)29)38-15-11-37-12-15/h3-10,13,15,20H,11-12,29-30H2,1-2H3,(H,31,34). The van der Waals surface area contributed by atoms with Gasteiger partial charge >= 0.3 is 0 Å². The second-order valence-electron chi connectivity index (χ2n) is 8.74. The fourth-order valence-corrected chi connectivity index (χ4v) is 4.67. The summed E-state index contributed by atoms with van der Waals surface area (Å²) < 4.78 is 21.8. The molecule has 38 heavy (non-hydrogen) atoms. The first-order valence-electron chi connectivity index (χ1n) is 11.7. The van der Waals surface area contributed by atoms with Crippen molar-refractivity contribution in [1.82, 2.24) is 15.0 Å². The van der Waals surface area contributed by atoms with Crippen LogP contribution >= 0.6 is 23.2 Å². The first kappa shape index (κ1) is 26.2. The number of hydrogen-bond donors (Lipinski definition) is 3. The van der Waals surface area contributed by atoms with Gasteiger partial charge in [0.15, 0.2) is 0 Å². The third-order valence-electron chi connectivity index (χ3n) is 6.34. The Balaban J connectivity index is 1.47. The lowest BCUT2D eigenvalue weighted by Crippen LogP contribution is -2.52. The fraction of sp³-hybridized carbons (Fsp3) is 0.269. The van der Waals surface area contributed by atoms with Crippen LogP contribution in [0.25, 0.3) is 11.3 Å². The summed E-state index contributed by atoms with van der Waals surface area (Å²) in [7, 11) is 3.01. The molecule has 0 spiro atoms. The zero-order valence-electron chi connectivity index (χ0n) is 20.7. The summed E-state index contributed by atoms with van der Waals surface area (Å²) in [6, 6.07) is 6.45. The highest BCUT2D eigenvalue weighted by molar-refractivity contribution is 6.41. The molecule has 2 aliphatic rings. The maximum absolute atomic E-state index is 6.75. The van der Waals surface area contributed by atoms with Crippen molar-refractivity contribution in [2.24, 2.45) is 11.5 Å². The van der Waals surface area contributed by atoms with Gasteiger partial charge < -0.3 is 35.7 Å². The van der Waals surface area contributed by atoms with Gasteiger partial charge in [0.25, 0.3) is 0 Å². The molecule has 0 saturated carbocycles. The number of aromatic nitrogens is 3. The molecule has 1 fully saturated rings. The van der Waals surface area contributed by atoms with E-state index < -0.39 is 11.6 Å². The van der Waals surface area contributed by atoms with E-state index >= 15 is 0 Å². The van der Waals surface area contributed by atoms with Crippen molar-refractivity contribution in [3.8, 4) is 22.8 Å². The molecule has 1 saturated heterocycles. The largest absolute Gasteiger partial charge is 0.495 e. The monoisotopic (exact) mass is 556 g/mol. The zero-order valence-corrected chi connectivity index (χ0v) is 22.2. The molecule has 5 rings (SSSR count). The van der Waals surface area contributed by atoms with E-state index in [0.717, 1.165) is 0 Å². The minimum atomic E-state index is -1.08. The second kappa shape index (κ2) is 10.8. The Labute approximate surface area is 229 Å². The molecule has 10 nitrogen and oxygen atoms in total. The number of ether oxygens (including phenoxy) is 4. The number of pyridine rings is 1. The van der Waals surface area contributed by atoms with Crippen LogP contribution in [-0.2, 0) is 15.0 Å². The number of allylic oxidation sites excluding steroid dienone is 1. The van der Waals surface area contributed by atoms with Crippen LogP contribution in [0.2, 0.25) is 10.0 Å². The number of benzene rings is 1. The molecule has 2 aromatic heterocycles. The number of hydrogen-bond acceptors (Lipinski definition) is 10. The number of halogens is 2. The maximum atomic E-state index is 6.75. The molecule has 3 aromatic rings. The fourth-order valence-electron chi connectivity index (χ4n) is 4.08. The lowest BCUT2D eigenvalue weighted by Gasteiger charge is -2.35. The van der Waals surface area contributed by atoms with Crippen molar-refractivity contribution < 1.29 is 18.9 Å². The van der Waals surface area contributed by atoms with Crippen LogP contribution in [0.1, 0.15) is 5.69 Å². The van der Waals surface area contributed by atoms with Crippen molar-refractivity contribution in [3.05, 3.63) is 76.5 Å². The quantitative estimate of drug-likeness (QED) is 0.373. The van der Waals surface area contributed by atoms with Gasteiger partial charge in [0.2, 0.25) is 0 Å². The molecule has 2 atom stereocenters. The van der Waals surface area contributed by atoms with Gasteiger partial charge in [-0.2, -0.15) is 0 Å². The van der Waals surface area contributed by atoms with Gasteiger partial charge in [-0.25, -0.2) is 15.0 Å². The summed E-state index contributed by atoms with van der Waals surface area (Å²) in [5.74, 6) is 1.88. The molecule has 198 valence electrons. The normalized spacial score (nSPS) is 20.9. The van der Waals surface area contributed by atoms with Crippen LogP contribution in [0.3, 0.4) is 0 Å². The smallest absolute Gasteiger partial charge is 0.145 e. The van der Waals surface area contributed by atoms with Crippen LogP contribution in [0.5, 0.6) is 11.5 Å². The summed E-state index contributed by atoms with van der Waals surface area (Å²) in [6.45, 7) is 1.12. The predicted molar refractivity (Wildman–Crippen MR) is 145 cm³/mol. The number of nitrogens with one attached hydrogen (secondary N) is 1. The summed E-state index contributed by atoms with van der Waals surface area (Å²) in [5, 5.41) is 3.76. The summed E-state index contributed by atoms with van der Waals surface area (Å²) >= 11 is 13.1. The lowest BCUT2D eigenvalue weighted by atomic mass is 9.83. The molecule has 1 aliphatic heterocycles. The molecule has 1 aromatic carbocycles. The Bertz CT molecular complexity index is 1390. The highest BCUT2D eigenvalue weighted by Crippen LogP contribution is 2.46. The lowest BCUT2D eigenvalue weighted by molar-refractivity contribution is -0.105. The van der Waals surface area contributed by atoms with Crippen LogP contribution in [0.4, 0.5) is 11.5 Å². The first-order chi connectivity index (χ1) is 18.3. The van der Waals surface area contributed by atoms with Crippen molar-refractivity contribution in [2.45, 2.75) is 17.7 Å². The average molecular weight is 557 g/mol. The first-order valence-corrected chi connectivity index (χ1v) is 12.4. The van der Waals surface area contributed by atoms with Gasteiger partial charge in [-0.05, 0) is 30.4 Å². The molecule has 5 N–H and O–H groups in total. The van der Waals surface area contributed by atoms with Gasteiger partial charge in [0.1, 0.15) is 45.6 Å². The van der Waals surface area contributed by atoms with Crippen molar-refractivity contribution >= 4 is 34.7 Å². The molecule has 2 unspecified atom stereocenters. The number of nitrogens with two attached hydrogens (primary N) is 2. The van der Waals surface area contributed by atoms with Gasteiger partial charge in [0.05, 0.1) is 56.1 Å². The summed E-state index contributed by atoms with van der Waals surface area (Å²) in [5.41, 5.74) is 14.3. The van der Waals surface area contributed by atoms with E-state index in [1.54, 1.807) is 42.6 Å². The van der Waals surface area contributed by atoms with E-state index in [1.807, 2.05) is 6.07 Å². The van der Waals surface area contributed by atoms with Crippen LogP contribution in [0.15, 0.2) is 60.8 Å². The van der Waals surface area contributed by atoms with Gasteiger partial charge in [0, 0.05) is 17.8 Å². The van der Waals surface area contributed by atoms with Gasteiger partial charge in [-0.1, -0.05) is 29.3 Å². The second-order valence-corrected chi connectivity index (χ2v) is 9.49. The van der Waals surface area contributed by atoms with E-state index in [2.05, 4.69) is 20.3 Å². The van der Waals surface area contributed by atoms with Crippen LogP contribution < -0.4 is 26.3 Å². The molecule has 1 aliphatic carbocycles.